The van der Waals surface area contributed by atoms with Crippen LogP contribution in [-0.4, -0.2) is 46.4 Å². The summed E-state index contributed by atoms with van der Waals surface area (Å²) in [6.07, 6.45) is 4.18. The summed E-state index contributed by atoms with van der Waals surface area (Å²) in [5.74, 6) is -0.843. The highest BCUT2D eigenvalue weighted by molar-refractivity contribution is 5.96. The molecule has 1 aromatic heterocycles. The summed E-state index contributed by atoms with van der Waals surface area (Å²) < 4.78 is 5.10. The number of nitrogens with zero attached hydrogens (tertiary/aromatic N) is 2. The number of ether oxygens (including phenoxy) is 1. The molecule has 8 nitrogen and oxygen atoms in total. The zero-order valence-electron chi connectivity index (χ0n) is 13.7. The average Bonchev–Trinajstić information content (AvgIpc) is 2.84. The monoisotopic (exact) mass is 345 g/mol. The van der Waals surface area contributed by atoms with Crippen molar-refractivity contribution in [3.8, 4) is 0 Å². The van der Waals surface area contributed by atoms with E-state index < -0.39 is 10.9 Å². The number of H-pyrrole nitrogens is 1. The number of fused-ring (bicyclic) bond motifs is 1. The second-order valence-electron chi connectivity index (χ2n) is 6.08. The van der Waals surface area contributed by atoms with Crippen LogP contribution in [0.3, 0.4) is 0 Å². The van der Waals surface area contributed by atoms with Crippen LogP contribution in [0.4, 0.5) is 5.69 Å². The van der Waals surface area contributed by atoms with Gasteiger partial charge in [0.15, 0.2) is 6.61 Å². The molecular weight excluding hydrogens is 326 g/mol. The number of amides is 1. The zero-order chi connectivity index (χ0) is 17.8. The molecule has 25 heavy (non-hydrogen) atoms. The lowest BCUT2D eigenvalue weighted by atomic mass is 10.2. The largest absolute Gasteiger partial charge is 0.451 e. The first-order valence-electron chi connectivity index (χ1n) is 8.26. The van der Waals surface area contributed by atoms with E-state index in [-0.39, 0.29) is 23.9 Å². The molecule has 0 unspecified atom stereocenters. The van der Waals surface area contributed by atoms with Crippen LogP contribution in [-0.2, 0) is 9.53 Å². The molecule has 0 spiro atoms. The molecule has 0 radical (unpaired) electrons. The Morgan fingerprint density at radius 2 is 1.88 bits per heavy atom. The standard InChI is InChI=1S/C17H19N3O5/c21-16(19-7-3-1-2-4-8-19)11-25-17(22)15-10-12-9-13(20(23)24)5-6-14(12)18-15/h5-6,9-10,18H,1-4,7-8,11H2. The van der Waals surface area contributed by atoms with E-state index in [2.05, 4.69) is 4.98 Å². The predicted molar refractivity (Wildman–Crippen MR) is 90.3 cm³/mol. The number of aromatic amines is 1. The number of nitrogens with one attached hydrogen (secondary N) is 1. The van der Waals surface area contributed by atoms with E-state index in [1.165, 1.54) is 24.3 Å². The Hall–Kier alpha value is -2.90. The molecule has 0 bridgehead atoms. The summed E-state index contributed by atoms with van der Waals surface area (Å²) >= 11 is 0. The molecular formula is C17H19N3O5. The van der Waals surface area contributed by atoms with E-state index >= 15 is 0 Å². The number of carbonyl (C=O) groups excluding carboxylic acids is 2. The number of esters is 1. The van der Waals surface area contributed by atoms with E-state index in [9.17, 15) is 19.7 Å². The number of hydrogen-bond acceptors (Lipinski definition) is 5. The van der Waals surface area contributed by atoms with Crippen molar-refractivity contribution in [1.82, 2.24) is 9.88 Å². The molecule has 1 saturated heterocycles. The topological polar surface area (TPSA) is 106 Å². The van der Waals surface area contributed by atoms with E-state index in [0.717, 1.165) is 25.7 Å². The third-order valence-electron chi connectivity index (χ3n) is 4.32. The minimum absolute atomic E-state index is 0.0530. The van der Waals surface area contributed by atoms with Crippen LogP contribution in [0.2, 0.25) is 0 Å². The summed E-state index contributed by atoms with van der Waals surface area (Å²) in [5, 5.41) is 11.3. The lowest BCUT2D eigenvalue weighted by Gasteiger charge is -2.19. The molecule has 132 valence electrons. The van der Waals surface area contributed by atoms with Gasteiger partial charge in [0, 0.05) is 36.1 Å². The van der Waals surface area contributed by atoms with Crippen LogP contribution in [0, 0.1) is 10.1 Å². The van der Waals surface area contributed by atoms with Gasteiger partial charge in [-0.15, -0.1) is 0 Å². The summed E-state index contributed by atoms with van der Waals surface area (Å²) in [6.45, 7) is 1.10. The van der Waals surface area contributed by atoms with Crippen molar-refractivity contribution >= 4 is 28.5 Å². The number of likely N-dealkylation sites (tertiary alicyclic amines) is 1. The second-order valence-corrected chi connectivity index (χ2v) is 6.08. The Labute approximate surface area is 143 Å². The molecule has 1 aliphatic rings. The number of rotatable bonds is 4. The number of carbonyl (C=O) groups is 2. The van der Waals surface area contributed by atoms with Crippen molar-refractivity contribution in [3.63, 3.8) is 0 Å². The molecule has 1 fully saturated rings. The highest BCUT2D eigenvalue weighted by Gasteiger charge is 2.19. The summed E-state index contributed by atoms with van der Waals surface area (Å²) in [5.41, 5.74) is 0.707. The number of nitro groups is 1. The Bertz CT molecular complexity index is 806. The van der Waals surface area contributed by atoms with Crippen molar-refractivity contribution in [1.29, 1.82) is 0 Å². The van der Waals surface area contributed by atoms with Crippen LogP contribution in [0.15, 0.2) is 24.3 Å². The fourth-order valence-corrected chi connectivity index (χ4v) is 2.96. The number of hydrogen-bond donors (Lipinski definition) is 1. The van der Waals surface area contributed by atoms with Gasteiger partial charge in [-0.05, 0) is 25.0 Å². The van der Waals surface area contributed by atoms with E-state index in [1.54, 1.807) is 4.90 Å². The maximum absolute atomic E-state index is 12.1. The van der Waals surface area contributed by atoms with Crippen molar-refractivity contribution in [2.24, 2.45) is 0 Å². The summed E-state index contributed by atoms with van der Waals surface area (Å²) in [4.78, 5) is 39.2. The lowest BCUT2D eigenvalue weighted by Crippen LogP contribution is -2.35. The Kier molecular flexibility index (Phi) is 4.97. The first kappa shape index (κ1) is 16.9. The van der Waals surface area contributed by atoms with E-state index in [4.69, 9.17) is 4.74 Å². The molecule has 2 aromatic rings. The first-order chi connectivity index (χ1) is 12.0. The normalized spacial score (nSPS) is 15.0. The molecule has 0 atom stereocenters. The molecule has 0 aliphatic carbocycles. The van der Waals surface area contributed by atoms with Gasteiger partial charge in [0.1, 0.15) is 5.69 Å². The van der Waals surface area contributed by atoms with Crippen LogP contribution in [0.25, 0.3) is 10.9 Å². The van der Waals surface area contributed by atoms with Crippen LogP contribution in [0.1, 0.15) is 36.2 Å². The maximum atomic E-state index is 12.1. The SMILES string of the molecule is O=C(OCC(=O)N1CCCCCC1)c1cc2cc([N+](=O)[O-])ccc2[nH]1. The van der Waals surface area contributed by atoms with Crippen LogP contribution >= 0.6 is 0 Å². The van der Waals surface area contributed by atoms with E-state index in [0.29, 0.717) is 24.0 Å². The van der Waals surface area contributed by atoms with Crippen molar-refractivity contribution in [3.05, 3.63) is 40.1 Å². The van der Waals surface area contributed by atoms with Gasteiger partial charge >= 0.3 is 5.97 Å². The van der Waals surface area contributed by atoms with Crippen molar-refractivity contribution < 1.29 is 19.2 Å². The summed E-state index contributed by atoms with van der Waals surface area (Å²) in [6, 6.07) is 5.76. The van der Waals surface area contributed by atoms with Gasteiger partial charge < -0.3 is 14.6 Å². The van der Waals surface area contributed by atoms with Crippen LogP contribution < -0.4 is 0 Å². The molecule has 1 aromatic carbocycles. The van der Waals surface area contributed by atoms with Gasteiger partial charge in [0.05, 0.1) is 4.92 Å². The fraction of sp³-hybridized carbons (Fsp3) is 0.412. The molecule has 0 saturated carbocycles. The van der Waals surface area contributed by atoms with Gasteiger partial charge in [-0.1, -0.05) is 12.8 Å². The number of non-ortho nitro benzene ring substituents is 1. The third kappa shape index (κ3) is 3.96. The number of nitro benzene ring substituents is 1. The zero-order valence-corrected chi connectivity index (χ0v) is 13.7. The smallest absolute Gasteiger partial charge is 0.355 e. The molecule has 2 heterocycles. The van der Waals surface area contributed by atoms with E-state index in [1.807, 2.05) is 0 Å². The molecule has 8 heteroatoms. The Morgan fingerprint density at radius 3 is 2.56 bits per heavy atom. The molecule has 1 amide bonds. The predicted octanol–water partition coefficient (Wildman–Crippen LogP) is 2.64. The van der Waals surface area contributed by atoms with Gasteiger partial charge in [-0.25, -0.2) is 4.79 Å². The minimum atomic E-state index is -0.651. The maximum Gasteiger partial charge on any atom is 0.355 e. The Morgan fingerprint density at radius 1 is 1.16 bits per heavy atom. The third-order valence-corrected chi connectivity index (χ3v) is 4.32. The van der Waals surface area contributed by atoms with Gasteiger partial charge in [-0.3, -0.25) is 14.9 Å². The van der Waals surface area contributed by atoms with Gasteiger partial charge in [0.2, 0.25) is 0 Å². The minimum Gasteiger partial charge on any atom is -0.451 e. The van der Waals surface area contributed by atoms with Crippen molar-refractivity contribution in [2.45, 2.75) is 25.7 Å². The molecule has 3 rings (SSSR count). The molecule has 1 N–H and O–H groups in total. The number of benzene rings is 1. The Balaban J connectivity index is 1.63. The quantitative estimate of drug-likeness (QED) is 0.521. The first-order valence-corrected chi connectivity index (χ1v) is 8.26. The summed E-state index contributed by atoms with van der Waals surface area (Å²) in [7, 11) is 0. The highest BCUT2D eigenvalue weighted by atomic mass is 16.6. The van der Waals surface area contributed by atoms with Crippen molar-refractivity contribution in [2.75, 3.05) is 19.7 Å². The number of aromatic nitrogens is 1. The average molecular weight is 345 g/mol. The molecule has 1 aliphatic heterocycles. The van der Waals surface area contributed by atoms with Gasteiger partial charge in [-0.2, -0.15) is 0 Å². The lowest BCUT2D eigenvalue weighted by molar-refractivity contribution is -0.384. The highest BCUT2D eigenvalue weighted by Crippen LogP contribution is 2.22. The van der Waals surface area contributed by atoms with Gasteiger partial charge in [0.25, 0.3) is 11.6 Å². The second kappa shape index (κ2) is 7.33. The van der Waals surface area contributed by atoms with Crippen LogP contribution in [0.5, 0.6) is 0 Å². The fourth-order valence-electron chi connectivity index (χ4n) is 2.96.